The van der Waals surface area contributed by atoms with Gasteiger partial charge in [-0.15, -0.1) is 0 Å². The topological polar surface area (TPSA) is 349 Å². The molecule has 0 saturated heterocycles. The maximum atomic E-state index is 8.55. The molecule has 0 aromatic heterocycles. The van der Waals surface area contributed by atoms with Crippen molar-refractivity contribution in [2.45, 2.75) is 0 Å². The zero-order valence-electron chi connectivity index (χ0n) is 10.3. The third kappa shape index (κ3) is 896. The summed E-state index contributed by atoms with van der Waals surface area (Å²) in [6.07, 6.45) is 0. The normalized spacial score (nSPS) is 7.70. The van der Waals surface area contributed by atoms with Gasteiger partial charge in [-0.25, -0.2) is 0 Å². The van der Waals surface area contributed by atoms with E-state index in [-0.39, 0.29) is 140 Å². The van der Waals surface area contributed by atoms with Gasteiger partial charge in [-0.1, -0.05) is 0 Å². The van der Waals surface area contributed by atoms with Gasteiger partial charge in [0.25, 0.3) is 0 Å². The van der Waals surface area contributed by atoms with Gasteiger partial charge < -0.3 is 74.2 Å². The van der Waals surface area contributed by atoms with Crippen molar-refractivity contribution in [2.24, 2.45) is 0 Å². The van der Waals surface area contributed by atoms with Crippen molar-refractivity contribution in [3.63, 3.8) is 0 Å². The van der Waals surface area contributed by atoms with Gasteiger partial charge in [0.1, 0.15) is 0 Å². The molecule has 0 aromatic carbocycles. The first-order chi connectivity index (χ1) is 6.00. The van der Waals surface area contributed by atoms with E-state index in [9.17, 15) is 0 Å². The molecule has 0 heterocycles. The second-order valence-corrected chi connectivity index (χ2v) is 4.02. The first-order valence-corrected chi connectivity index (χ1v) is 6.57. The summed E-state index contributed by atoms with van der Waals surface area (Å²) in [7, 11) is -16.2. The minimum absolute atomic E-state index is 0. The van der Waals surface area contributed by atoms with Gasteiger partial charge in [0, 0.05) is 0 Å². The Hall–Kier alpha value is 4.12. The molecule has 0 rings (SSSR count). The van der Waals surface area contributed by atoms with Crippen LogP contribution in [0.2, 0.25) is 0 Å². The van der Waals surface area contributed by atoms with Gasteiger partial charge in [-0.05, 0) is 0 Å². The van der Waals surface area contributed by atoms with Gasteiger partial charge in [-0.2, -0.15) is 23.5 Å². The maximum absolute atomic E-state index is 8.55. The third-order valence-electron chi connectivity index (χ3n) is 0. The molecule has 23 heteroatoms. The molecule has 0 fully saturated rings. The first kappa shape index (κ1) is 71.2. The van der Waals surface area contributed by atoms with Gasteiger partial charge in [0.05, 0.1) is 0 Å². The Kier molecular flexibility index (Phi) is 104. The predicted molar refractivity (Wildman–Crippen MR) is 45.9 cm³/mol. The average Bonchev–Trinajstić information content (AvgIpc) is 1.41. The van der Waals surface area contributed by atoms with E-state index in [0.717, 1.165) is 0 Å². The molecule has 0 aliphatic rings. The fourth-order valence-electron chi connectivity index (χ4n) is 0. The molecule has 0 aliphatic heterocycles. The van der Waals surface area contributed by atoms with Crippen molar-refractivity contribution in [3.8, 4) is 0 Å². The van der Waals surface area contributed by atoms with Crippen LogP contribution in [-0.4, -0.2) is 106 Å². The van der Waals surface area contributed by atoms with E-state index < -0.39 is 23.5 Å². The Labute approximate surface area is 218 Å². The molecule has 23 heavy (non-hydrogen) atoms. The quantitative estimate of drug-likeness (QED) is 0.176. The summed E-state index contributed by atoms with van der Waals surface area (Å²) in [4.78, 5) is 76.9. The Morgan fingerprint density at radius 1 is 0.522 bits per heavy atom. The molecule has 0 aliphatic carbocycles. The van der Waals surface area contributed by atoms with E-state index in [4.69, 9.17) is 57.7 Å². The van der Waals surface area contributed by atoms with Gasteiger partial charge in [0.2, 0.25) is 0 Å². The summed E-state index contributed by atoms with van der Waals surface area (Å²) >= 11 is 0. The second kappa shape index (κ2) is 33.7. The monoisotopic (exact) mass is 636 g/mol. The van der Waals surface area contributed by atoms with E-state index in [2.05, 4.69) is 0 Å². The van der Waals surface area contributed by atoms with Crippen LogP contribution < -0.4 is 44.0 Å². The minimum atomic E-state index is -5.39. The predicted octanol–water partition coefficient (Wildman–Crippen LogP) is -10.2. The summed E-state index contributed by atoms with van der Waals surface area (Å²) in [5, 5.41) is 0. The largest absolute Gasteiger partial charge is 3.00 e. The van der Waals surface area contributed by atoms with Crippen molar-refractivity contribution in [3.05, 3.63) is 0 Å². The molecule has 0 unspecified atom stereocenters. The standard InChI is InChI=1S/Al.Ba.Fe.Mg.Mn.3H3O4P.3H2O/c;;;;;3*1-5(2,3)4;;;/h;;;;;3*(H3,1,2,3,4);3*1H2/q+3;+2;+3;2*+2;;;;;;/p-12. The molecule has 2 radical (unpaired) electrons. The third-order valence-corrected chi connectivity index (χ3v) is 0. The SMILES string of the molecule is O=P([O-])([O-])[O-].O=P([O-])([O-])[O-].O=P([O-])([O-])[O-].[Al+3].[Ba+2].[Fe+3].[Mg+2].[Mn+2].[OH-].[OH-].[OH-]. The van der Waals surface area contributed by atoms with Crippen molar-refractivity contribution >= 4 is 113 Å². The number of rotatable bonds is 0. The van der Waals surface area contributed by atoms with E-state index >= 15 is 0 Å². The number of phosphoric acid groups is 3. The fraction of sp³-hybridized carbons (Fsp3) is 0. The zero-order chi connectivity index (χ0) is 13.5. The van der Waals surface area contributed by atoms with E-state index in [0.29, 0.717) is 0 Å². The Morgan fingerprint density at radius 3 is 0.522 bits per heavy atom. The summed E-state index contributed by atoms with van der Waals surface area (Å²) in [6, 6.07) is 0. The summed E-state index contributed by atoms with van der Waals surface area (Å²) in [5.74, 6) is 0. The van der Waals surface area contributed by atoms with Crippen LogP contribution in [-0.2, 0) is 47.8 Å². The molecule has 0 saturated carbocycles. The van der Waals surface area contributed by atoms with Crippen molar-refractivity contribution in [2.75, 3.05) is 0 Å². The molecular formula is H3AlBaFeMgMnO15P3. The first-order valence-electron chi connectivity index (χ1n) is 2.19. The van der Waals surface area contributed by atoms with Gasteiger partial charge >= 0.3 is 123 Å². The summed E-state index contributed by atoms with van der Waals surface area (Å²) < 4.78 is 25.6. The van der Waals surface area contributed by atoms with Crippen LogP contribution in [0.25, 0.3) is 0 Å². The van der Waals surface area contributed by atoms with E-state index in [1.807, 2.05) is 0 Å². The minimum Gasteiger partial charge on any atom is -0.870 e. The summed E-state index contributed by atoms with van der Waals surface area (Å²) in [6.45, 7) is 0. The molecule has 0 atom stereocenters. The van der Waals surface area contributed by atoms with Crippen LogP contribution in [0.4, 0.5) is 0 Å². The van der Waals surface area contributed by atoms with Crippen LogP contribution in [0.1, 0.15) is 0 Å². The van der Waals surface area contributed by atoms with Gasteiger partial charge in [0.15, 0.2) is 0 Å². The zero-order valence-corrected chi connectivity index (χ0v) is 22.3. The molecule has 130 valence electrons. The Morgan fingerprint density at radius 2 is 0.522 bits per heavy atom. The van der Waals surface area contributed by atoms with Gasteiger partial charge in [-0.3, -0.25) is 0 Å². The Bertz CT molecular complexity index is 227. The van der Waals surface area contributed by atoms with Crippen molar-refractivity contribution in [1.29, 1.82) is 0 Å². The van der Waals surface area contributed by atoms with E-state index in [1.165, 1.54) is 0 Å². The fourth-order valence-corrected chi connectivity index (χ4v) is 0. The van der Waals surface area contributed by atoms with E-state index in [1.54, 1.807) is 0 Å². The molecular weight excluding hydrogens is 632 g/mol. The van der Waals surface area contributed by atoms with Crippen molar-refractivity contribution in [1.82, 2.24) is 0 Å². The smallest absolute Gasteiger partial charge is 0.870 e. The molecule has 0 bridgehead atoms. The average molecular weight is 635 g/mol. The van der Waals surface area contributed by atoms with Crippen LogP contribution in [0.15, 0.2) is 0 Å². The summed E-state index contributed by atoms with van der Waals surface area (Å²) in [5.41, 5.74) is 0. The van der Waals surface area contributed by atoms with Crippen molar-refractivity contribution < 1.29 is 108 Å². The number of hydrogen-bond acceptors (Lipinski definition) is 15. The van der Waals surface area contributed by atoms with Crippen LogP contribution in [0.3, 0.4) is 0 Å². The number of hydrogen-bond donors (Lipinski definition) is 0. The van der Waals surface area contributed by atoms with Crippen LogP contribution in [0.5, 0.6) is 0 Å². The Balaban J connectivity index is -0.00000000889. The maximum Gasteiger partial charge on any atom is 3.00 e. The molecule has 15 nitrogen and oxygen atoms in total. The van der Waals surface area contributed by atoms with Crippen LogP contribution in [0, 0.1) is 0 Å². The molecule has 3 N–H and O–H groups in total. The second-order valence-electron chi connectivity index (χ2n) is 1.34. The molecule has 0 aromatic rings. The molecule has 0 spiro atoms. The van der Waals surface area contributed by atoms with Crippen LogP contribution >= 0.6 is 23.5 Å². The molecule has 0 amide bonds.